The molecule has 2 aliphatic rings. The third kappa shape index (κ3) is 4.38. The van der Waals surface area contributed by atoms with E-state index in [-0.39, 0.29) is 22.6 Å². The van der Waals surface area contributed by atoms with Gasteiger partial charge in [0.15, 0.2) is 0 Å². The number of carbonyl (C=O) groups is 2. The second-order valence-corrected chi connectivity index (χ2v) is 10.3. The summed E-state index contributed by atoms with van der Waals surface area (Å²) in [5, 5.41) is 4.49. The summed E-state index contributed by atoms with van der Waals surface area (Å²) in [6.45, 7) is 5.34. The van der Waals surface area contributed by atoms with Gasteiger partial charge in [0.2, 0.25) is 10.0 Å². The summed E-state index contributed by atoms with van der Waals surface area (Å²) < 4.78 is 26.7. The maximum atomic E-state index is 12.6. The summed E-state index contributed by atoms with van der Waals surface area (Å²) in [6, 6.07) is 9.97. The Morgan fingerprint density at radius 1 is 1.09 bits per heavy atom. The van der Waals surface area contributed by atoms with Crippen molar-refractivity contribution in [2.75, 3.05) is 19.6 Å². The molecule has 0 bridgehead atoms. The molecule has 0 aliphatic carbocycles. The lowest BCUT2D eigenvalue weighted by Crippen LogP contribution is -2.37. The summed E-state index contributed by atoms with van der Waals surface area (Å²) in [6.07, 6.45) is 4.11. The van der Waals surface area contributed by atoms with E-state index in [4.69, 9.17) is 0 Å². The molecule has 168 valence electrons. The number of fused-ring (bicyclic) bond motifs is 1. The molecule has 0 spiro atoms. The van der Waals surface area contributed by atoms with E-state index in [1.807, 2.05) is 32.1 Å². The second-order valence-electron chi connectivity index (χ2n) is 8.35. The molecule has 1 fully saturated rings. The fourth-order valence-electron chi connectivity index (χ4n) is 4.09. The molecule has 1 saturated heterocycles. The lowest BCUT2D eigenvalue weighted by atomic mass is 9.98. The van der Waals surface area contributed by atoms with E-state index in [0.717, 1.165) is 34.5 Å². The summed E-state index contributed by atoms with van der Waals surface area (Å²) in [7, 11) is -3.50. The Hall–Kier alpha value is -2.84. The summed E-state index contributed by atoms with van der Waals surface area (Å²) in [5.41, 5.74) is 2.48. The van der Waals surface area contributed by atoms with E-state index in [0.29, 0.717) is 31.6 Å². The fourth-order valence-corrected chi connectivity index (χ4v) is 5.61. The van der Waals surface area contributed by atoms with Crippen molar-refractivity contribution in [1.82, 2.24) is 9.62 Å². The van der Waals surface area contributed by atoms with E-state index in [2.05, 4.69) is 10.3 Å². The number of hydrogen-bond acceptors (Lipinski definition) is 4. The molecule has 0 aromatic heterocycles. The lowest BCUT2D eigenvalue weighted by Gasteiger charge is -2.16. The van der Waals surface area contributed by atoms with Gasteiger partial charge in [-0.2, -0.15) is 4.31 Å². The average Bonchev–Trinajstić information content (AvgIpc) is 3.33. The van der Waals surface area contributed by atoms with Crippen LogP contribution in [0.25, 0.3) is 6.08 Å². The Bertz CT molecular complexity index is 1280. The van der Waals surface area contributed by atoms with Gasteiger partial charge in [-0.3, -0.25) is 9.59 Å². The van der Waals surface area contributed by atoms with Crippen LogP contribution in [0.5, 0.6) is 0 Å². The van der Waals surface area contributed by atoms with Crippen molar-refractivity contribution in [3.63, 3.8) is 0 Å². The number of nitrogens with zero attached hydrogens (tertiary/aromatic N) is 2. The molecule has 2 aliphatic heterocycles. The topological polar surface area (TPSA) is 95.9 Å². The molecule has 0 saturated carbocycles. The van der Waals surface area contributed by atoms with E-state index >= 15 is 0 Å². The average molecular weight is 454 g/mol. The zero-order chi connectivity index (χ0) is 22.9. The molecule has 7 nitrogen and oxygen atoms in total. The number of sulfonamides is 1. The molecule has 1 atom stereocenters. The third-order valence-corrected chi connectivity index (χ3v) is 8.13. The molecule has 1 unspecified atom stereocenters. The predicted molar refractivity (Wildman–Crippen MR) is 121 cm³/mol. The van der Waals surface area contributed by atoms with E-state index < -0.39 is 10.0 Å². The number of rotatable bonds is 6. The maximum Gasteiger partial charge on any atom is 0.253 e. The largest absolute Gasteiger partial charge is 0.352 e. The van der Waals surface area contributed by atoms with Gasteiger partial charge in [-0.25, -0.2) is 13.4 Å². The van der Waals surface area contributed by atoms with Crippen molar-refractivity contribution in [3.05, 3.63) is 63.7 Å². The van der Waals surface area contributed by atoms with Gasteiger partial charge < -0.3 is 5.32 Å². The van der Waals surface area contributed by atoms with Crippen LogP contribution >= 0.6 is 0 Å². The van der Waals surface area contributed by atoms with Gasteiger partial charge in [-0.1, -0.05) is 18.2 Å². The third-order valence-electron chi connectivity index (χ3n) is 6.21. The molecule has 2 amide bonds. The quantitative estimate of drug-likeness (QED) is 0.716. The summed E-state index contributed by atoms with van der Waals surface area (Å²) >= 11 is 0. The highest BCUT2D eigenvalue weighted by atomic mass is 32.2. The number of carbonyl (C=O) groups excluding carboxylic acids is 2. The molecule has 2 aromatic rings. The van der Waals surface area contributed by atoms with Crippen LogP contribution < -0.4 is 15.9 Å². The molecular formula is C24H27N3O4S. The molecule has 8 heteroatoms. The highest BCUT2D eigenvalue weighted by Crippen LogP contribution is 2.21. The van der Waals surface area contributed by atoms with Gasteiger partial charge in [0.05, 0.1) is 16.2 Å². The van der Waals surface area contributed by atoms with Gasteiger partial charge in [-0.15, -0.1) is 0 Å². The fraction of sp³-hybridized carbons (Fsp3) is 0.375. The minimum atomic E-state index is -3.50. The first-order valence-corrected chi connectivity index (χ1v) is 12.3. The lowest BCUT2D eigenvalue weighted by molar-refractivity contribution is -0.120. The van der Waals surface area contributed by atoms with Crippen molar-refractivity contribution < 1.29 is 18.0 Å². The Labute approximate surface area is 187 Å². The monoisotopic (exact) mass is 453 g/mol. The Balaban J connectivity index is 1.37. The van der Waals surface area contributed by atoms with Crippen LogP contribution in [0, 0.1) is 19.8 Å². The predicted octanol–water partition coefficient (Wildman–Crippen LogP) is 1.46. The Morgan fingerprint density at radius 2 is 1.78 bits per heavy atom. The Kier molecular flexibility index (Phi) is 6.26. The highest BCUT2D eigenvalue weighted by molar-refractivity contribution is 7.89. The van der Waals surface area contributed by atoms with Crippen LogP contribution in [0.15, 0.2) is 46.3 Å². The van der Waals surface area contributed by atoms with Crippen molar-refractivity contribution in [1.29, 1.82) is 0 Å². The minimum absolute atomic E-state index is 0.197. The highest BCUT2D eigenvalue weighted by Gasteiger charge is 2.27. The second kappa shape index (κ2) is 8.96. The maximum absolute atomic E-state index is 12.6. The molecular weight excluding hydrogens is 426 g/mol. The standard InChI is InChI=1S/C24H27N3O4S/c1-16-5-6-19-15-20(24(29)26-22(19)17(16)2)11-12-25-23(28)18-7-9-21(10-8-18)32(30,31)27-13-3-4-14-27/h5-10,15,20H,3-4,11-14H2,1-2H3,(H,25,28). The van der Waals surface area contributed by atoms with Crippen molar-refractivity contribution in [2.24, 2.45) is 10.9 Å². The van der Waals surface area contributed by atoms with Crippen LogP contribution in [0.4, 0.5) is 0 Å². The number of amides is 2. The molecule has 32 heavy (non-hydrogen) atoms. The molecule has 2 aromatic carbocycles. The van der Waals surface area contributed by atoms with Crippen LogP contribution in [-0.2, 0) is 14.8 Å². The minimum Gasteiger partial charge on any atom is -0.352 e. The van der Waals surface area contributed by atoms with E-state index in [1.165, 1.54) is 28.6 Å². The Morgan fingerprint density at radius 3 is 2.47 bits per heavy atom. The molecule has 1 N–H and O–H groups in total. The first-order chi connectivity index (χ1) is 15.3. The summed E-state index contributed by atoms with van der Waals surface area (Å²) in [5.74, 6) is -0.878. The zero-order valence-electron chi connectivity index (χ0n) is 18.3. The summed E-state index contributed by atoms with van der Waals surface area (Å²) in [4.78, 5) is 29.4. The van der Waals surface area contributed by atoms with E-state index in [1.54, 1.807) is 0 Å². The molecule has 4 rings (SSSR count). The number of nitrogens with one attached hydrogen (secondary N) is 1. The zero-order valence-corrected chi connectivity index (χ0v) is 19.1. The van der Waals surface area contributed by atoms with Crippen molar-refractivity contribution >= 4 is 27.9 Å². The smallest absolute Gasteiger partial charge is 0.253 e. The van der Waals surface area contributed by atoms with Crippen LogP contribution in [-0.4, -0.2) is 44.2 Å². The van der Waals surface area contributed by atoms with Crippen molar-refractivity contribution in [3.8, 4) is 0 Å². The van der Waals surface area contributed by atoms with Gasteiger partial charge in [-0.05, 0) is 73.7 Å². The first kappa shape index (κ1) is 22.4. The molecule has 2 heterocycles. The number of benzene rings is 2. The van der Waals surface area contributed by atoms with Gasteiger partial charge in [0, 0.05) is 25.2 Å². The SMILES string of the molecule is Cc1ccc2c(c1C)=NC(=O)C(CCNC(=O)c1ccc(S(=O)(=O)N3CCCC3)cc1)C=2. The van der Waals surface area contributed by atoms with Crippen LogP contribution in [0.1, 0.15) is 40.7 Å². The number of hydrogen-bond donors (Lipinski definition) is 1. The normalized spacial score (nSPS) is 18.6. The van der Waals surface area contributed by atoms with Crippen molar-refractivity contribution in [2.45, 2.75) is 38.0 Å². The van der Waals surface area contributed by atoms with Crippen LogP contribution in [0.2, 0.25) is 0 Å². The van der Waals surface area contributed by atoms with Gasteiger partial charge in [0.25, 0.3) is 11.8 Å². The van der Waals surface area contributed by atoms with E-state index in [9.17, 15) is 18.0 Å². The molecule has 0 radical (unpaired) electrons. The van der Waals surface area contributed by atoms with Gasteiger partial charge >= 0.3 is 0 Å². The van der Waals surface area contributed by atoms with Gasteiger partial charge in [0.1, 0.15) is 0 Å². The first-order valence-electron chi connectivity index (χ1n) is 10.9. The number of aryl methyl sites for hydroxylation is 1. The van der Waals surface area contributed by atoms with Crippen LogP contribution in [0.3, 0.4) is 0 Å².